The van der Waals surface area contributed by atoms with Gasteiger partial charge in [0.25, 0.3) is 0 Å². The molecule has 1 unspecified atom stereocenters. The van der Waals surface area contributed by atoms with E-state index in [2.05, 4.69) is 10.1 Å². The summed E-state index contributed by atoms with van der Waals surface area (Å²) in [5.41, 5.74) is 0.903. The van der Waals surface area contributed by atoms with Gasteiger partial charge in [0.1, 0.15) is 5.92 Å². The van der Waals surface area contributed by atoms with Crippen LogP contribution in [0.2, 0.25) is 10.0 Å². The fourth-order valence-electron chi connectivity index (χ4n) is 1.72. The topological polar surface area (TPSA) is 65.2 Å². The van der Waals surface area contributed by atoms with Gasteiger partial charge in [-0.05, 0) is 31.5 Å². The van der Waals surface area contributed by atoms with E-state index in [1.165, 1.54) is 0 Å². The number of benzene rings is 1. The molecule has 1 aromatic heterocycles. The van der Waals surface area contributed by atoms with Crippen molar-refractivity contribution in [2.24, 2.45) is 0 Å². The van der Waals surface area contributed by atoms with Crippen LogP contribution in [0.5, 0.6) is 0 Å². The summed E-state index contributed by atoms with van der Waals surface area (Å²) in [6.45, 7) is 3.72. The van der Waals surface area contributed by atoms with E-state index in [-0.39, 0.29) is 11.9 Å². The molecule has 7 heteroatoms. The summed E-state index contributed by atoms with van der Waals surface area (Å²) in [7, 11) is 0. The molecule has 1 aromatic carbocycles. The number of rotatable bonds is 5. The highest BCUT2D eigenvalue weighted by atomic mass is 35.5. The van der Waals surface area contributed by atoms with Crippen molar-refractivity contribution in [2.75, 3.05) is 6.61 Å². The predicted octanol–water partition coefficient (Wildman–Crippen LogP) is 3.63. The first-order valence-electron chi connectivity index (χ1n) is 6.44. The van der Waals surface area contributed by atoms with E-state index in [1.54, 1.807) is 26.0 Å². The minimum absolute atomic E-state index is 0.239. The van der Waals surface area contributed by atoms with Crippen molar-refractivity contribution in [2.45, 2.75) is 26.2 Å². The molecule has 112 valence electrons. The Hall–Kier alpha value is -1.59. The van der Waals surface area contributed by atoms with Gasteiger partial charge in [0.15, 0.2) is 5.82 Å². The second kappa shape index (κ2) is 6.91. The molecule has 2 rings (SSSR count). The van der Waals surface area contributed by atoms with Crippen molar-refractivity contribution < 1.29 is 14.1 Å². The van der Waals surface area contributed by atoms with Gasteiger partial charge >= 0.3 is 5.97 Å². The highest BCUT2D eigenvalue weighted by molar-refractivity contribution is 6.42. The molecular weight excluding hydrogens is 315 g/mol. The minimum atomic E-state index is -0.583. The van der Waals surface area contributed by atoms with Crippen molar-refractivity contribution in [1.82, 2.24) is 10.1 Å². The van der Waals surface area contributed by atoms with Crippen LogP contribution in [0.1, 0.15) is 37.0 Å². The fourth-order valence-corrected chi connectivity index (χ4v) is 2.04. The van der Waals surface area contributed by atoms with E-state index in [1.807, 2.05) is 6.07 Å². The molecule has 0 N–H and O–H groups in total. The number of halogens is 2. The molecule has 0 radical (unpaired) electrons. The third-order valence-corrected chi connectivity index (χ3v) is 3.58. The summed E-state index contributed by atoms with van der Waals surface area (Å²) < 4.78 is 10.0. The van der Waals surface area contributed by atoms with E-state index in [9.17, 15) is 4.79 Å². The average Bonchev–Trinajstić information content (AvgIpc) is 2.91. The number of aromatic nitrogens is 2. The number of esters is 1. The molecule has 0 amide bonds. The number of carbonyl (C=O) groups excluding carboxylic acids is 1. The number of nitrogens with zero attached hydrogens (tertiary/aromatic N) is 2. The van der Waals surface area contributed by atoms with Crippen LogP contribution in [-0.4, -0.2) is 22.7 Å². The monoisotopic (exact) mass is 328 g/mol. The standard InChI is InChI=1S/C14H14Cl2N2O3/c1-3-20-14(19)8(2)13-17-12(18-21-13)7-9-4-5-10(15)11(16)6-9/h4-6,8H,3,7H2,1-2H3. The highest BCUT2D eigenvalue weighted by Crippen LogP contribution is 2.24. The molecule has 5 nitrogen and oxygen atoms in total. The first-order chi connectivity index (χ1) is 10.0. The normalized spacial score (nSPS) is 12.2. The Morgan fingerprint density at radius 3 is 2.81 bits per heavy atom. The van der Waals surface area contributed by atoms with Crippen molar-refractivity contribution in [1.29, 1.82) is 0 Å². The Morgan fingerprint density at radius 2 is 2.14 bits per heavy atom. The number of hydrogen-bond donors (Lipinski definition) is 0. The molecule has 0 bridgehead atoms. The van der Waals surface area contributed by atoms with Crippen molar-refractivity contribution >= 4 is 29.2 Å². The van der Waals surface area contributed by atoms with Gasteiger partial charge in [0.2, 0.25) is 5.89 Å². The Bertz CT molecular complexity index is 643. The lowest BCUT2D eigenvalue weighted by atomic mass is 10.1. The second-order valence-electron chi connectivity index (χ2n) is 4.45. The van der Waals surface area contributed by atoms with Gasteiger partial charge in [0.05, 0.1) is 16.7 Å². The van der Waals surface area contributed by atoms with Crippen LogP contribution in [0, 0.1) is 0 Å². The van der Waals surface area contributed by atoms with Crippen LogP contribution in [0.3, 0.4) is 0 Å². The molecule has 0 saturated carbocycles. The average molecular weight is 329 g/mol. The minimum Gasteiger partial charge on any atom is -0.465 e. The predicted molar refractivity (Wildman–Crippen MR) is 78.6 cm³/mol. The van der Waals surface area contributed by atoms with Crippen LogP contribution >= 0.6 is 23.2 Å². The van der Waals surface area contributed by atoms with Crippen LogP contribution < -0.4 is 0 Å². The number of hydrogen-bond acceptors (Lipinski definition) is 5. The first kappa shape index (κ1) is 15.8. The van der Waals surface area contributed by atoms with Gasteiger partial charge in [-0.1, -0.05) is 34.4 Å². The molecule has 0 aliphatic heterocycles. The van der Waals surface area contributed by atoms with Crippen molar-refractivity contribution in [3.05, 3.63) is 45.5 Å². The largest absolute Gasteiger partial charge is 0.465 e. The summed E-state index contributed by atoms with van der Waals surface area (Å²) in [5.74, 6) is -0.259. The summed E-state index contributed by atoms with van der Waals surface area (Å²) in [4.78, 5) is 15.8. The van der Waals surface area contributed by atoms with Crippen molar-refractivity contribution in [3.8, 4) is 0 Å². The van der Waals surface area contributed by atoms with Gasteiger partial charge in [-0.3, -0.25) is 4.79 Å². The Balaban J connectivity index is 2.09. The van der Waals surface area contributed by atoms with Gasteiger partial charge in [0, 0.05) is 6.42 Å². The van der Waals surface area contributed by atoms with Crippen LogP contribution in [0.25, 0.3) is 0 Å². The maximum absolute atomic E-state index is 11.6. The molecule has 1 heterocycles. The maximum atomic E-state index is 11.6. The summed E-state index contributed by atoms with van der Waals surface area (Å²) in [6.07, 6.45) is 0.440. The zero-order valence-electron chi connectivity index (χ0n) is 11.6. The number of ether oxygens (including phenoxy) is 1. The van der Waals surface area contributed by atoms with E-state index < -0.39 is 5.92 Å². The molecule has 1 atom stereocenters. The van der Waals surface area contributed by atoms with Gasteiger partial charge in [-0.2, -0.15) is 4.98 Å². The van der Waals surface area contributed by atoms with Crippen LogP contribution in [0.4, 0.5) is 0 Å². The van der Waals surface area contributed by atoms with Gasteiger partial charge < -0.3 is 9.26 Å². The van der Waals surface area contributed by atoms with Crippen molar-refractivity contribution in [3.63, 3.8) is 0 Å². The molecule has 0 aliphatic carbocycles. The first-order valence-corrected chi connectivity index (χ1v) is 7.20. The Labute approximate surface area is 132 Å². The highest BCUT2D eigenvalue weighted by Gasteiger charge is 2.23. The summed E-state index contributed by atoms with van der Waals surface area (Å²) in [5, 5.41) is 4.82. The quantitative estimate of drug-likeness (QED) is 0.784. The maximum Gasteiger partial charge on any atom is 0.318 e. The van der Waals surface area contributed by atoms with Crippen LogP contribution in [0.15, 0.2) is 22.7 Å². The van der Waals surface area contributed by atoms with E-state index >= 15 is 0 Å². The van der Waals surface area contributed by atoms with E-state index in [0.29, 0.717) is 28.9 Å². The smallest absolute Gasteiger partial charge is 0.318 e. The lowest BCUT2D eigenvalue weighted by molar-refractivity contribution is -0.145. The Kier molecular flexibility index (Phi) is 5.20. The molecular formula is C14H14Cl2N2O3. The number of carbonyl (C=O) groups is 1. The molecule has 0 fully saturated rings. The molecule has 0 spiro atoms. The lowest BCUT2D eigenvalue weighted by Gasteiger charge is -2.04. The zero-order chi connectivity index (χ0) is 15.4. The molecule has 0 saturated heterocycles. The van der Waals surface area contributed by atoms with E-state index in [4.69, 9.17) is 32.5 Å². The third kappa shape index (κ3) is 3.95. The van der Waals surface area contributed by atoms with Crippen LogP contribution in [-0.2, 0) is 16.0 Å². The summed E-state index contributed by atoms with van der Waals surface area (Å²) >= 11 is 11.8. The fraction of sp³-hybridized carbons (Fsp3) is 0.357. The molecule has 21 heavy (non-hydrogen) atoms. The zero-order valence-corrected chi connectivity index (χ0v) is 13.1. The second-order valence-corrected chi connectivity index (χ2v) is 5.26. The van der Waals surface area contributed by atoms with Gasteiger partial charge in [-0.15, -0.1) is 0 Å². The third-order valence-electron chi connectivity index (χ3n) is 2.84. The lowest BCUT2D eigenvalue weighted by Crippen LogP contribution is -2.13. The molecule has 2 aromatic rings. The molecule has 0 aliphatic rings. The van der Waals surface area contributed by atoms with E-state index in [0.717, 1.165) is 5.56 Å². The van der Waals surface area contributed by atoms with Gasteiger partial charge in [-0.25, -0.2) is 0 Å². The summed E-state index contributed by atoms with van der Waals surface area (Å²) in [6, 6.07) is 5.29. The SMILES string of the molecule is CCOC(=O)C(C)c1nc(Cc2ccc(Cl)c(Cl)c2)no1. The Morgan fingerprint density at radius 1 is 1.38 bits per heavy atom.